The molecule has 4 nitrogen and oxygen atoms in total. The number of para-hydroxylation sites is 1. The number of hydrogen-bond donors (Lipinski definition) is 0. The van der Waals surface area contributed by atoms with E-state index in [1.165, 1.54) is 0 Å². The molecule has 0 fully saturated rings. The number of carbonyl (C=O) groups is 1. The third-order valence-electron chi connectivity index (χ3n) is 3.47. The van der Waals surface area contributed by atoms with Crippen molar-refractivity contribution in [3.63, 3.8) is 0 Å². The third kappa shape index (κ3) is 4.26. The van der Waals surface area contributed by atoms with Crippen LogP contribution in [0.3, 0.4) is 0 Å². The van der Waals surface area contributed by atoms with Crippen molar-refractivity contribution in [3.05, 3.63) is 82.6 Å². The second-order valence-corrected chi connectivity index (χ2v) is 6.11. The number of benzene rings is 2. The molecule has 0 aliphatic heterocycles. The minimum Gasteiger partial charge on any atom is -0.424 e. The maximum atomic E-state index is 12.6. The second kappa shape index (κ2) is 7.84. The molecule has 0 spiro atoms. The molecule has 0 N–H and O–H groups in total. The number of ether oxygens (including phenoxy) is 1. The predicted octanol–water partition coefficient (Wildman–Crippen LogP) is 4.85. The highest BCUT2D eigenvalue weighted by atomic mass is 79.9. The lowest BCUT2D eigenvalue weighted by Gasteiger charge is -2.09. The van der Waals surface area contributed by atoms with E-state index in [0.29, 0.717) is 24.2 Å². The first-order chi connectivity index (χ1) is 11.7. The Morgan fingerprint density at radius 3 is 2.38 bits per heavy atom. The van der Waals surface area contributed by atoms with E-state index in [1.54, 1.807) is 24.5 Å². The Balaban J connectivity index is 1.73. The standard InChI is InChI=1S/C19H15BrN2O2/c20-15-12-21-19(22-13-15)24-18-9-5-4-8-16(18)17(23)11-10-14-6-2-1-3-7-14/h1-9,12-13H,10-11H2. The molecule has 0 saturated heterocycles. The monoisotopic (exact) mass is 382 g/mol. The third-order valence-corrected chi connectivity index (χ3v) is 3.88. The van der Waals surface area contributed by atoms with Crippen LogP contribution >= 0.6 is 15.9 Å². The van der Waals surface area contributed by atoms with Crippen LogP contribution in [-0.2, 0) is 6.42 Å². The molecular weight excluding hydrogens is 368 g/mol. The fourth-order valence-electron chi connectivity index (χ4n) is 2.27. The molecule has 120 valence electrons. The van der Waals surface area contributed by atoms with Crippen LogP contribution in [0.2, 0.25) is 0 Å². The molecular formula is C19H15BrN2O2. The number of carbonyl (C=O) groups excluding carboxylic acids is 1. The SMILES string of the molecule is O=C(CCc1ccccc1)c1ccccc1Oc1ncc(Br)cn1. The quantitative estimate of drug-likeness (QED) is 0.572. The van der Waals surface area contributed by atoms with Gasteiger partial charge in [0.25, 0.3) is 0 Å². The summed E-state index contributed by atoms with van der Waals surface area (Å²) in [5, 5.41) is 0. The fraction of sp³-hybridized carbons (Fsp3) is 0.105. The zero-order chi connectivity index (χ0) is 16.8. The van der Waals surface area contributed by atoms with E-state index >= 15 is 0 Å². The minimum atomic E-state index is 0.0339. The average Bonchev–Trinajstić information content (AvgIpc) is 2.63. The van der Waals surface area contributed by atoms with Gasteiger partial charge in [0.05, 0.1) is 10.0 Å². The Kier molecular flexibility index (Phi) is 5.33. The number of ketones is 1. The molecule has 5 heteroatoms. The minimum absolute atomic E-state index is 0.0339. The normalized spacial score (nSPS) is 10.4. The Labute approximate surface area is 148 Å². The summed E-state index contributed by atoms with van der Waals surface area (Å²) in [5.41, 5.74) is 1.68. The van der Waals surface area contributed by atoms with Gasteiger partial charge in [-0.1, -0.05) is 42.5 Å². The van der Waals surface area contributed by atoms with Gasteiger partial charge >= 0.3 is 6.01 Å². The van der Waals surface area contributed by atoms with Gasteiger partial charge in [-0.25, -0.2) is 9.97 Å². The summed E-state index contributed by atoms with van der Waals surface area (Å²) in [5.74, 6) is 0.504. The highest BCUT2D eigenvalue weighted by Crippen LogP contribution is 2.24. The highest BCUT2D eigenvalue weighted by Gasteiger charge is 2.13. The topological polar surface area (TPSA) is 52.1 Å². The van der Waals surface area contributed by atoms with Crippen LogP contribution in [0.25, 0.3) is 0 Å². The van der Waals surface area contributed by atoms with E-state index in [-0.39, 0.29) is 11.8 Å². The summed E-state index contributed by atoms with van der Waals surface area (Å²) >= 11 is 3.28. The number of hydrogen-bond acceptors (Lipinski definition) is 4. The molecule has 24 heavy (non-hydrogen) atoms. The molecule has 1 heterocycles. The van der Waals surface area contributed by atoms with Gasteiger partial charge in [0.15, 0.2) is 5.78 Å². The van der Waals surface area contributed by atoms with Crippen LogP contribution in [-0.4, -0.2) is 15.8 Å². The van der Waals surface area contributed by atoms with Crippen LogP contribution in [0, 0.1) is 0 Å². The zero-order valence-corrected chi connectivity index (χ0v) is 14.4. The fourth-order valence-corrected chi connectivity index (χ4v) is 2.48. The molecule has 3 aromatic rings. The summed E-state index contributed by atoms with van der Waals surface area (Å²) in [4.78, 5) is 20.7. The molecule has 1 aromatic heterocycles. The molecule has 0 radical (unpaired) electrons. The first-order valence-corrected chi connectivity index (χ1v) is 8.33. The number of nitrogens with zero attached hydrogens (tertiary/aromatic N) is 2. The summed E-state index contributed by atoms with van der Waals surface area (Å²) in [6.45, 7) is 0. The number of Topliss-reactive ketones (excluding diaryl/α,β-unsaturated/α-hetero) is 1. The maximum absolute atomic E-state index is 12.6. The Bertz CT molecular complexity index is 820. The summed E-state index contributed by atoms with van der Waals surface area (Å²) in [6, 6.07) is 17.3. The molecule has 0 aliphatic rings. The van der Waals surface area contributed by atoms with Crippen molar-refractivity contribution in [2.45, 2.75) is 12.8 Å². The summed E-state index contributed by atoms with van der Waals surface area (Å²) in [6.07, 6.45) is 4.32. The highest BCUT2D eigenvalue weighted by molar-refractivity contribution is 9.10. The smallest absolute Gasteiger partial charge is 0.321 e. The predicted molar refractivity (Wildman–Crippen MR) is 95.3 cm³/mol. The van der Waals surface area contributed by atoms with Crippen molar-refractivity contribution in [2.75, 3.05) is 0 Å². The number of aryl methyl sites for hydroxylation is 1. The molecule has 0 unspecified atom stereocenters. The van der Waals surface area contributed by atoms with Crippen LogP contribution in [0.15, 0.2) is 71.5 Å². The average molecular weight is 383 g/mol. The lowest BCUT2D eigenvalue weighted by Crippen LogP contribution is -2.04. The van der Waals surface area contributed by atoms with Gasteiger partial charge in [-0.05, 0) is 40.0 Å². The molecule has 0 bridgehead atoms. The lowest BCUT2D eigenvalue weighted by atomic mass is 10.0. The molecule has 0 aliphatic carbocycles. The summed E-state index contributed by atoms with van der Waals surface area (Å²) in [7, 11) is 0. The van der Waals surface area contributed by atoms with Crippen molar-refractivity contribution in [1.29, 1.82) is 0 Å². The molecule has 3 rings (SSSR count). The second-order valence-electron chi connectivity index (χ2n) is 5.19. The van der Waals surface area contributed by atoms with Gasteiger partial charge in [-0.15, -0.1) is 0 Å². The Morgan fingerprint density at radius 2 is 1.62 bits per heavy atom. The largest absolute Gasteiger partial charge is 0.424 e. The van der Waals surface area contributed by atoms with Crippen molar-refractivity contribution in [1.82, 2.24) is 9.97 Å². The van der Waals surface area contributed by atoms with Gasteiger partial charge in [-0.3, -0.25) is 4.79 Å². The van der Waals surface area contributed by atoms with Crippen molar-refractivity contribution < 1.29 is 9.53 Å². The number of rotatable bonds is 6. The van der Waals surface area contributed by atoms with Gasteiger partial charge in [0.1, 0.15) is 5.75 Å². The van der Waals surface area contributed by atoms with Crippen molar-refractivity contribution in [2.24, 2.45) is 0 Å². The van der Waals surface area contributed by atoms with Crippen LogP contribution < -0.4 is 4.74 Å². The lowest BCUT2D eigenvalue weighted by molar-refractivity contribution is 0.0980. The van der Waals surface area contributed by atoms with Gasteiger partial charge in [-0.2, -0.15) is 0 Å². The van der Waals surface area contributed by atoms with Crippen LogP contribution in [0.4, 0.5) is 0 Å². The van der Waals surface area contributed by atoms with Gasteiger partial charge in [0.2, 0.25) is 0 Å². The Morgan fingerprint density at radius 1 is 0.958 bits per heavy atom. The van der Waals surface area contributed by atoms with E-state index in [4.69, 9.17) is 4.74 Å². The van der Waals surface area contributed by atoms with Crippen molar-refractivity contribution >= 4 is 21.7 Å². The van der Waals surface area contributed by atoms with E-state index in [2.05, 4.69) is 25.9 Å². The van der Waals surface area contributed by atoms with Gasteiger partial charge in [0, 0.05) is 18.8 Å². The molecule has 0 amide bonds. The zero-order valence-electron chi connectivity index (χ0n) is 12.9. The van der Waals surface area contributed by atoms with Gasteiger partial charge < -0.3 is 4.74 Å². The van der Waals surface area contributed by atoms with E-state index < -0.39 is 0 Å². The maximum Gasteiger partial charge on any atom is 0.321 e. The molecule has 0 saturated carbocycles. The summed E-state index contributed by atoms with van der Waals surface area (Å²) < 4.78 is 6.44. The molecule has 2 aromatic carbocycles. The first kappa shape index (κ1) is 16.3. The van der Waals surface area contributed by atoms with E-state index in [0.717, 1.165) is 10.0 Å². The number of aromatic nitrogens is 2. The Hall–Kier alpha value is -2.53. The van der Waals surface area contributed by atoms with Crippen molar-refractivity contribution in [3.8, 4) is 11.8 Å². The first-order valence-electron chi connectivity index (χ1n) is 7.54. The van der Waals surface area contributed by atoms with Crippen LogP contribution in [0.5, 0.6) is 11.8 Å². The number of halogens is 1. The van der Waals surface area contributed by atoms with Crippen LogP contribution in [0.1, 0.15) is 22.3 Å². The van der Waals surface area contributed by atoms with E-state index in [1.807, 2.05) is 42.5 Å². The molecule has 0 atom stereocenters. The van der Waals surface area contributed by atoms with E-state index in [9.17, 15) is 4.79 Å².